The molecule has 4 amide bonds. The molecule has 7 heteroatoms. The summed E-state index contributed by atoms with van der Waals surface area (Å²) in [5.41, 5.74) is 1.07. The minimum Gasteiger partial charge on any atom is -0.327 e. The lowest BCUT2D eigenvalue weighted by atomic mass is 9.88. The van der Waals surface area contributed by atoms with Crippen molar-refractivity contribution in [1.82, 2.24) is 4.90 Å². The van der Waals surface area contributed by atoms with Gasteiger partial charge in [-0.05, 0) is 49.9 Å². The van der Waals surface area contributed by atoms with E-state index < -0.39 is 6.04 Å². The maximum atomic E-state index is 13.2. The van der Waals surface area contributed by atoms with Gasteiger partial charge >= 0.3 is 0 Å². The van der Waals surface area contributed by atoms with E-state index in [0.717, 1.165) is 44.9 Å². The highest BCUT2D eigenvalue weighted by Crippen LogP contribution is 2.37. The molecule has 1 atom stereocenters. The van der Waals surface area contributed by atoms with Crippen LogP contribution >= 0.6 is 0 Å². The Labute approximate surface area is 170 Å². The van der Waals surface area contributed by atoms with E-state index in [1.54, 1.807) is 29.2 Å². The predicted octanol–water partition coefficient (Wildman–Crippen LogP) is 2.85. The smallest absolute Gasteiger partial charge is 0.257 e. The average Bonchev–Trinajstić information content (AvgIpc) is 3.49. The standard InChI is InChI=1S/C22H27N3O4/c1-14(26)23-16-7-9-18(10-8-16)25-20(27)13-19(22(25)29)24(17-11-12-17)21(28)15-5-3-2-4-6-15/h7-10,15,17,19H,2-6,11-13H2,1H3,(H,23,26). The molecule has 4 rings (SSSR count). The third-order valence-corrected chi connectivity index (χ3v) is 6.05. The average molecular weight is 397 g/mol. The van der Waals surface area contributed by atoms with Crippen molar-refractivity contribution in [3.05, 3.63) is 24.3 Å². The quantitative estimate of drug-likeness (QED) is 0.774. The van der Waals surface area contributed by atoms with Gasteiger partial charge in [0.05, 0.1) is 12.1 Å². The molecule has 1 aromatic rings. The van der Waals surface area contributed by atoms with Gasteiger partial charge in [-0.15, -0.1) is 0 Å². The van der Waals surface area contributed by atoms with Crippen LogP contribution in [0.25, 0.3) is 0 Å². The molecule has 154 valence electrons. The second kappa shape index (κ2) is 7.97. The fraction of sp³-hybridized carbons (Fsp3) is 0.545. The molecule has 2 aliphatic carbocycles. The lowest BCUT2D eigenvalue weighted by Crippen LogP contribution is -2.49. The second-order valence-corrected chi connectivity index (χ2v) is 8.33. The summed E-state index contributed by atoms with van der Waals surface area (Å²) >= 11 is 0. The molecule has 29 heavy (non-hydrogen) atoms. The van der Waals surface area contributed by atoms with E-state index in [2.05, 4.69) is 5.32 Å². The van der Waals surface area contributed by atoms with Crippen LogP contribution in [-0.2, 0) is 19.2 Å². The van der Waals surface area contributed by atoms with Gasteiger partial charge in [-0.1, -0.05) is 19.3 Å². The van der Waals surface area contributed by atoms with Crippen LogP contribution in [-0.4, -0.2) is 40.6 Å². The van der Waals surface area contributed by atoms with Gasteiger partial charge in [-0.2, -0.15) is 0 Å². The number of hydrogen-bond donors (Lipinski definition) is 1. The molecule has 1 heterocycles. The largest absolute Gasteiger partial charge is 0.327 e. The van der Waals surface area contributed by atoms with Crippen molar-refractivity contribution in [2.75, 3.05) is 10.2 Å². The number of benzene rings is 1. The van der Waals surface area contributed by atoms with Crippen molar-refractivity contribution in [1.29, 1.82) is 0 Å². The number of nitrogens with one attached hydrogen (secondary N) is 1. The van der Waals surface area contributed by atoms with Crippen molar-refractivity contribution in [3.63, 3.8) is 0 Å². The number of hydrogen-bond acceptors (Lipinski definition) is 4. The van der Waals surface area contributed by atoms with E-state index in [4.69, 9.17) is 0 Å². The Balaban J connectivity index is 1.53. The maximum Gasteiger partial charge on any atom is 0.257 e. The minimum atomic E-state index is -0.695. The Morgan fingerprint density at radius 3 is 2.24 bits per heavy atom. The molecule has 0 bridgehead atoms. The van der Waals surface area contributed by atoms with Crippen molar-refractivity contribution in [2.45, 2.75) is 70.4 Å². The normalized spacial score (nSPS) is 22.7. The maximum absolute atomic E-state index is 13.2. The summed E-state index contributed by atoms with van der Waals surface area (Å²) in [5, 5.41) is 2.67. The number of carbonyl (C=O) groups excluding carboxylic acids is 4. The van der Waals surface area contributed by atoms with Gasteiger partial charge in [0.1, 0.15) is 6.04 Å². The highest BCUT2D eigenvalue weighted by atomic mass is 16.2. The lowest BCUT2D eigenvalue weighted by molar-refractivity contribution is -0.143. The van der Waals surface area contributed by atoms with E-state index in [-0.39, 0.29) is 42.0 Å². The van der Waals surface area contributed by atoms with E-state index in [0.29, 0.717) is 11.4 Å². The van der Waals surface area contributed by atoms with Crippen molar-refractivity contribution in [2.24, 2.45) is 5.92 Å². The molecule has 0 spiro atoms. The number of rotatable bonds is 5. The van der Waals surface area contributed by atoms with Gasteiger partial charge in [0.2, 0.25) is 17.7 Å². The van der Waals surface area contributed by atoms with Crippen LogP contribution in [0, 0.1) is 5.92 Å². The first-order valence-electron chi connectivity index (χ1n) is 10.5. The minimum absolute atomic E-state index is 0.0155. The molecule has 1 saturated heterocycles. The summed E-state index contributed by atoms with van der Waals surface area (Å²) in [4.78, 5) is 53.2. The molecule has 1 aromatic carbocycles. The third-order valence-electron chi connectivity index (χ3n) is 6.05. The highest BCUT2D eigenvalue weighted by molar-refractivity contribution is 6.23. The zero-order valence-corrected chi connectivity index (χ0v) is 16.7. The molecule has 7 nitrogen and oxygen atoms in total. The van der Waals surface area contributed by atoms with Gasteiger partial charge in [-0.3, -0.25) is 19.2 Å². The molecule has 2 saturated carbocycles. The molecule has 3 fully saturated rings. The fourth-order valence-corrected chi connectivity index (χ4v) is 4.50. The zero-order valence-electron chi connectivity index (χ0n) is 16.7. The number of carbonyl (C=O) groups is 4. The monoisotopic (exact) mass is 397 g/mol. The van der Waals surface area contributed by atoms with Crippen LogP contribution in [0.5, 0.6) is 0 Å². The summed E-state index contributed by atoms with van der Waals surface area (Å²) in [7, 11) is 0. The van der Waals surface area contributed by atoms with Gasteiger partial charge in [0, 0.05) is 24.6 Å². The van der Waals surface area contributed by atoms with Crippen molar-refractivity contribution < 1.29 is 19.2 Å². The Morgan fingerprint density at radius 1 is 1.00 bits per heavy atom. The number of imide groups is 1. The summed E-state index contributed by atoms with van der Waals surface area (Å²) in [5.74, 6) is -0.750. The molecule has 1 unspecified atom stereocenters. The predicted molar refractivity (Wildman–Crippen MR) is 108 cm³/mol. The zero-order chi connectivity index (χ0) is 20.5. The molecule has 0 aromatic heterocycles. The van der Waals surface area contributed by atoms with E-state index >= 15 is 0 Å². The Morgan fingerprint density at radius 2 is 1.66 bits per heavy atom. The van der Waals surface area contributed by atoms with Gasteiger partial charge in [-0.25, -0.2) is 4.90 Å². The molecule has 1 N–H and O–H groups in total. The van der Waals surface area contributed by atoms with E-state index in [9.17, 15) is 19.2 Å². The van der Waals surface area contributed by atoms with Crippen LogP contribution in [0.15, 0.2) is 24.3 Å². The number of anilines is 2. The molecule has 1 aliphatic heterocycles. The van der Waals surface area contributed by atoms with Gasteiger partial charge in [0.25, 0.3) is 5.91 Å². The SMILES string of the molecule is CC(=O)Nc1ccc(N2C(=O)CC(N(C(=O)C3CCCCC3)C3CC3)C2=O)cc1. The highest BCUT2D eigenvalue weighted by Gasteiger charge is 2.49. The molecular weight excluding hydrogens is 370 g/mol. The molecule has 0 radical (unpaired) electrons. The van der Waals surface area contributed by atoms with Crippen LogP contribution in [0.2, 0.25) is 0 Å². The van der Waals surface area contributed by atoms with Crippen molar-refractivity contribution >= 4 is 35.0 Å². The van der Waals surface area contributed by atoms with Crippen LogP contribution in [0.4, 0.5) is 11.4 Å². The van der Waals surface area contributed by atoms with Crippen LogP contribution in [0.1, 0.15) is 58.3 Å². The third kappa shape index (κ3) is 4.04. The Bertz CT molecular complexity index is 825. The Hall–Kier alpha value is -2.70. The molecule has 3 aliphatic rings. The van der Waals surface area contributed by atoms with E-state index in [1.807, 2.05) is 0 Å². The number of amides is 4. The second-order valence-electron chi connectivity index (χ2n) is 8.33. The summed E-state index contributed by atoms with van der Waals surface area (Å²) in [6, 6.07) is 6.02. The summed E-state index contributed by atoms with van der Waals surface area (Å²) in [6.07, 6.45) is 6.89. The van der Waals surface area contributed by atoms with Crippen LogP contribution < -0.4 is 10.2 Å². The number of nitrogens with zero attached hydrogens (tertiary/aromatic N) is 2. The molecular formula is C22H27N3O4. The first kappa shape index (κ1) is 19.6. The van der Waals surface area contributed by atoms with Crippen molar-refractivity contribution in [3.8, 4) is 0 Å². The lowest BCUT2D eigenvalue weighted by Gasteiger charge is -2.32. The van der Waals surface area contributed by atoms with E-state index in [1.165, 1.54) is 11.8 Å². The summed E-state index contributed by atoms with van der Waals surface area (Å²) < 4.78 is 0. The summed E-state index contributed by atoms with van der Waals surface area (Å²) in [6.45, 7) is 1.42. The van der Waals surface area contributed by atoms with Gasteiger partial charge < -0.3 is 10.2 Å². The Kier molecular flexibility index (Phi) is 5.39. The first-order chi connectivity index (χ1) is 14.0. The van der Waals surface area contributed by atoms with Crippen LogP contribution in [0.3, 0.4) is 0 Å². The van der Waals surface area contributed by atoms with Gasteiger partial charge in [0.15, 0.2) is 0 Å². The topological polar surface area (TPSA) is 86.8 Å². The first-order valence-corrected chi connectivity index (χ1v) is 10.5. The fourth-order valence-electron chi connectivity index (χ4n) is 4.50.